The molecule has 0 spiro atoms. The zero-order chi connectivity index (χ0) is 12.3. The number of pyridine rings is 1. The molecule has 84 valence electrons. The minimum absolute atomic E-state index is 0.277. The molecule has 4 nitrogen and oxygen atoms in total. The van der Waals surface area contributed by atoms with Crippen molar-refractivity contribution in [1.29, 1.82) is 5.26 Å². The fourth-order valence-corrected chi connectivity index (χ4v) is 1.24. The van der Waals surface area contributed by atoms with Gasteiger partial charge in [-0.3, -0.25) is 0 Å². The summed E-state index contributed by atoms with van der Waals surface area (Å²) in [5.74, 6) is -0.887. The van der Waals surface area contributed by atoms with E-state index >= 15 is 0 Å². The molecule has 0 saturated heterocycles. The van der Waals surface area contributed by atoms with Crippen LogP contribution >= 0.6 is 11.6 Å². The van der Waals surface area contributed by atoms with Crippen molar-refractivity contribution >= 4 is 17.6 Å². The van der Waals surface area contributed by atoms with Crippen molar-refractivity contribution in [2.45, 2.75) is 6.43 Å². The van der Waals surface area contributed by atoms with Gasteiger partial charge >= 0.3 is 5.97 Å². The van der Waals surface area contributed by atoms with Crippen molar-refractivity contribution in [2.75, 3.05) is 7.11 Å². The van der Waals surface area contributed by atoms with Crippen molar-refractivity contribution in [3.05, 3.63) is 28.0 Å². The summed E-state index contributed by atoms with van der Waals surface area (Å²) in [5.41, 5.74) is -1.51. The first-order valence-electron chi connectivity index (χ1n) is 3.98. The number of carbonyl (C=O) groups excluding carboxylic acids is 1. The first-order valence-corrected chi connectivity index (χ1v) is 4.36. The molecule has 0 N–H and O–H groups in total. The van der Waals surface area contributed by atoms with Gasteiger partial charge in [-0.2, -0.15) is 5.26 Å². The number of halogens is 3. The van der Waals surface area contributed by atoms with Gasteiger partial charge in [0.1, 0.15) is 11.8 Å². The predicted octanol–water partition coefficient (Wildman–Crippen LogP) is 2.33. The summed E-state index contributed by atoms with van der Waals surface area (Å²) in [4.78, 5) is 14.6. The van der Waals surface area contributed by atoms with Gasteiger partial charge in [0.25, 0.3) is 6.43 Å². The molecule has 1 heterocycles. The van der Waals surface area contributed by atoms with Crippen LogP contribution in [0.1, 0.15) is 28.2 Å². The minimum atomic E-state index is -2.88. The first-order chi connectivity index (χ1) is 7.51. The van der Waals surface area contributed by atoms with E-state index in [2.05, 4.69) is 9.72 Å². The lowest BCUT2D eigenvalue weighted by molar-refractivity contribution is 0.0593. The molecular weight excluding hydrogens is 242 g/mol. The number of nitrogens with zero attached hydrogens (tertiary/aromatic N) is 2. The lowest BCUT2D eigenvalue weighted by Crippen LogP contribution is -2.08. The maximum atomic E-state index is 12.4. The van der Waals surface area contributed by atoms with Crippen LogP contribution in [0.2, 0.25) is 5.02 Å². The fourth-order valence-electron chi connectivity index (χ4n) is 0.999. The van der Waals surface area contributed by atoms with Gasteiger partial charge in [0.2, 0.25) is 0 Å². The van der Waals surface area contributed by atoms with Gasteiger partial charge < -0.3 is 4.74 Å². The number of rotatable bonds is 2. The number of hydrogen-bond acceptors (Lipinski definition) is 4. The molecule has 1 rings (SSSR count). The molecule has 0 fully saturated rings. The molecule has 16 heavy (non-hydrogen) atoms. The van der Waals surface area contributed by atoms with Crippen molar-refractivity contribution in [3.63, 3.8) is 0 Å². The summed E-state index contributed by atoms with van der Waals surface area (Å²) < 4.78 is 29.2. The highest BCUT2D eigenvalue weighted by Gasteiger charge is 2.21. The third-order valence-electron chi connectivity index (χ3n) is 1.73. The normalized spacial score (nSPS) is 10.0. The SMILES string of the molecule is COC(=O)c1nc(C#N)c(C(F)F)cc1Cl. The van der Waals surface area contributed by atoms with Crippen LogP contribution in [0, 0.1) is 11.3 Å². The topological polar surface area (TPSA) is 63.0 Å². The lowest BCUT2D eigenvalue weighted by Gasteiger charge is -2.06. The number of hydrogen-bond donors (Lipinski definition) is 0. The first kappa shape index (κ1) is 12.3. The number of nitriles is 1. The summed E-state index contributed by atoms with van der Waals surface area (Å²) in [7, 11) is 1.09. The van der Waals surface area contributed by atoms with Crippen LogP contribution in [0.3, 0.4) is 0 Å². The molecule has 0 radical (unpaired) electrons. The van der Waals surface area contributed by atoms with Crippen molar-refractivity contribution < 1.29 is 18.3 Å². The number of alkyl halides is 2. The van der Waals surface area contributed by atoms with Crippen LogP contribution in [0.4, 0.5) is 8.78 Å². The summed E-state index contributed by atoms with van der Waals surface area (Å²) in [6.07, 6.45) is -2.88. The third-order valence-corrected chi connectivity index (χ3v) is 2.01. The van der Waals surface area contributed by atoms with Crippen LogP contribution in [-0.2, 0) is 4.74 Å². The molecule has 7 heteroatoms. The molecule has 0 unspecified atom stereocenters. The second-order valence-corrected chi connectivity index (χ2v) is 3.07. The van der Waals surface area contributed by atoms with Gasteiger partial charge in [0, 0.05) is 0 Å². The van der Waals surface area contributed by atoms with Crippen LogP contribution < -0.4 is 0 Å². The molecule has 1 aromatic rings. The van der Waals surface area contributed by atoms with Crippen LogP contribution in [-0.4, -0.2) is 18.1 Å². The number of ether oxygens (including phenoxy) is 1. The highest BCUT2D eigenvalue weighted by Crippen LogP contribution is 2.26. The summed E-state index contributed by atoms with van der Waals surface area (Å²) in [6.45, 7) is 0. The minimum Gasteiger partial charge on any atom is -0.464 e. The molecule has 0 atom stereocenters. The average molecular weight is 247 g/mol. The molecule has 0 amide bonds. The molecule has 0 aliphatic rings. The second kappa shape index (κ2) is 4.86. The highest BCUT2D eigenvalue weighted by molar-refractivity contribution is 6.33. The Balaban J connectivity index is 3.38. The molecule has 1 aromatic heterocycles. The van der Waals surface area contributed by atoms with E-state index in [1.165, 1.54) is 6.07 Å². The Bertz CT molecular complexity index is 471. The molecule has 0 bridgehead atoms. The van der Waals surface area contributed by atoms with Crippen LogP contribution in [0.25, 0.3) is 0 Å². The molecule has 0 saturated carbocycles. The van der Waals surface area contributed by atoms with E-state index in [1.807, 2.05) is 0 Å². The summed E-state index contributed by atoms with van der Waals surface area (Å²) in [5, 5.41) is 8.32. The van der Waals surface area contributed by atoms with Gasteiger partial charge in [-0.1, -0.05) is 11.6 Å². The number of aromatic nitrogens is 1. The predicted molar refractivity (Wildman–Crippen MR) is 50.3 cm³/mol. The lowest BCUT2D eigenvalue weighted by atomic mass is 10.2. The molecule has 0 aromatic carbocycles. The maximum Gasteiger partial charge on any atom is 0.358 e. The van der Waals surface area contributed by atoms with Crippen molar-refractivity contribution in [3.8, 4) is 6.07 Å². The Morgan fingerprint density at radius 1 is 1.69 bits per heavy atom. The van der Waals surface area contributed by atoms with Crippen molar-refractivity contribution in [1.82, 2.24) is 4.98 Å². The van der Waals surface area contributed by atoms with Gasteiger partial charge in [-0.05, 0) is 6.07 Å². The van der Waals surface area contributed by atoms with Gasteiger partial charge in [-0.15, -0.1) is 0 Å². The van der Waals surface area contributed by atoms with E-state index in [-0.39, 0.29) is 10.7 Å². The third kappa shape index (κ3) is 2.25. The Kier molecular flexibility index (Phi) is 3.74. The van der Waals surface area contributed by atoms with Crippen LogP contribution in [0.5, 0.6) is 0 Å². The molecular formula is C9H5ClF2N2O2. The van der Waals surface area contributed by atoms with E-state index in [0.717, 1.165) is 13.2 Å². The standard InChI is InChI=1S/C9H5ClF2N2O2/c1-16-9(15)7-5(10)2-4(8(11)12)6(3-13)14-7/h2,8H,1H3. The Labute approximate surface area is 94.4 Å². The van der Waals surface area contributed by atoms with E-state index in [0.29, 0.717) is 0 Å². The van der Waals surface area contributed by atoms with Gasteiger partial charge in [-0.25, -0.2) is 18.6 Å². The Morgan fingerprint density at radius 3 is 2.75 bits per heavy atom. The monoisotopic (exact) mass is 246 g/mol. The largest absolute Gasteiger partial charge is 0.464 e. The second-order valence-electron chi connectivity index (χ2n) is 2.66. The van der Waals surface area contributed by atoms with Gasteiger partial charge in [0.05, 0.1) is 17.7 Å². The maximum absolute atomic E-state index is 12.4. The Morgan fingerprint density at radius 2 is 2.31 bits per heavy atom. The quantitative estimate of drug-likeness (QED) is 0.752. The summed E-state index contributed by atoms with van der Waals surface area (Å²) in [6, 6.07) is 2.30. The number of esters is 1. The highest BCUT2D eigenvalue weighted by atomic mass is 35.5. The van der Waals surface area contributed by atoms with E-state index < -0.39 is 23.7 Å². The van der Waals surface area contributed by atoms with Gasteiger partial charge in [0.15, 0.2) is 5.69 Å². The van der Waals surface area contributed by atoms with E-state index in [4.69, 9.17) is 16.9 Å². The molecule has 0 aliphatic carbocycles. The number of carbonyl (C=O) groups is 1. The summed E-state index contributed by atoms with van der Waals surface area (Å²) >= 11 is 5.57. The zero-order valence-corrected chi connectivity index (χ0v) is 8.76. The smallest absolute Gasteiger partial charge is 0.358 e. The van der Waals surface area contributed by atoms with E-state index in [9.17, 15) is 13.6 Å². The average Bonchev–Trinajstić information content (AvgIpc) is 2.27. The van der Waals surface area contributed by atoms with Crippen molar-refractivity contribution in [2.24, 2.45) is 0 Å². The van der Waals surface area contributed by atoms with Crippen LogP contribution in [0.15, 0.2) is 6.07 Å². The van der Waals surface area contributed by atoms with E-state index in [1.54, 1.807) is 0 Å². The molecule has 0 aliphatic heterocycles. The Hall–Kier alpha value is -1.74. The zero-order valence-electron chi connectivity index (χ0n) is 8.00. The fraction of sp³-hybridized carbons (Fsp3) is 0.222. The number of methoxy groups -OCH3 is 1.